The monoisotopic (exact) mass is 219 g/mol. The zero-order chi connectivity index (χ0) is 12.1. The number of rotatable bonds is 5. The zero-order valence-corrected chi connectivity index (χ0v) is 9.81. The second kappa shape index (κ2) is 5.30. The van der Waals surface area contributed by atoms with Gasteiger partial charge in [-0.3, -0.25) is 9.48 Å². The van der Waals surface area contributed by atoms with Gasteiger partial charge in [0.05, 0.1) is 5.69 Å². The molecule has 1 heterocycles. The first-order chi connectivity index (χ1) is 7.60. The molecule has 0 saturated carbocycles. The molecule has 16 heavy (non-hydrogen) atoms. The van der Waals surface area contributed by atoms with E-state index in [9.17, 15) is 4.79 Å². The fourth-order valence-corrected chi connectivity index (χ4v) is 1.52. The van der Waals surface area contributed by atoms with Gasteiger partial charge in [0, 0.05) is 20.1 Å². The highest BCUT2D eigenvalue weighted by atomic mass is 16.2. The molecule has 0 aromatic carbocycles. The standard InChI is InChI=1S/C12H17N3O/c1-5-7-15(8-6-2)12(16)11-9-10(3)13-14(11)4/h5-6,9H,1-2,7-8H2,3-4H3. The van der Waals surface area contributed by atoms with Crippen LogP contribution in [0.25, 0.3) is 0 Å². The minimum Gasteiger partial charge on any atom is -0.330 e. The summed E-state index contributed by atoms with van der Waals surface area (Å²) in [5.74, 6) is -0.0529. The van der Waals surface area contributed by atoms with Crippen LogP contribution in [0.1, 0.15) is 16.2 Å². The van der Waals surface area contributed by atoms with Crippen molar-refractivity contribution in [1.29, 1.82) is 0 Å². The molecule has 0 aliphatic rings. The maximum absolute atomic E-state index is 12.1. The predicted octanol–water partition coefficient (Wildman–Crippen LogP) is 1.54. The van der Waals surface area contributed by atoms with Gasteiger partial charge in [-0.25, -0.2) is 0 Å². The molecule has 1 aromatic heterocycles. The molecule has 1 amide bonds. The van der Waals surface area contributed by atoms with Crippen molar-refractivity contribution in [3.05, 3.63) is 42.8 Å². The highest BCUT2D eigenvalue weighted by Gasteiger charge is 2.17. The molecule has 0 atom stereocenters. The van der Waals surface area contributed by atoms with Gasteiger partial charge < -0.3 is 4.90 Å². The summed E-state index contributed by atoms with van der Waals surface area (Å²) in [7, 11) is 1.76. The van der Waals surface area contributed by atoms with Crippen LogP contribution >= 0.6 is 0 Å². The smallest absolute Gasteiger partial charge is 0.272 e. The zero-order valence-electron chi connectivity index (χ0n) is 9.81. The Morgan fingerprint density at radius 1 is 1.50 bits per heavy atom. The van der Waals surface area contributed by atoms with Crippen molar-refractivity contribution in [2.24, 2.45) is 7.05 Å². The normalized spacial score (nSPS) is 9.88. The fourth-order valence-electron chi connectivity index (χ4n) is 1.52. The molecular weight excluding hydrogens is 202 g/mol. The molecule has 0 saturated heterocycles. The van der Waals surface area contributed by atoms with Gasteiger partial charge in [0.1, 0.15) is 5.69 Å². The van der Waals surface area contributed by atoms with Crippen LogP contribution in [0.4, 0.5) is 0 Å². The van der Waals surface area contributed by atoms with E-state index in [0.29, 0.717) is 18.8 Å². The lowest BCUT2D eigenvalue weighted by atomic mass is 10.3. The highest BCUT2D eigenvalue weighted by molar-refractivity contribution is 5.92. The van der Waals surface area contributed by atoms with E-state index >= 15 is 0 Å². The van der Waals surface area contributed by atoms with Crippen molar-refractivity contribution >= 4 is 5.91 Å². The van der Waals surface area contributed by atoms with E-state index in [4.69, 9.17) is 0 Å². The van der Waals surface area contributed by atoms with Gasteiger partial charge in [0.15, 0.2) is 0 Å². The molecule has 0 fully saturated rings. The van der Waals surface area contributed by atoms with E-state index in [0.717, 1.165) is 5.69 Å². The summed E-state index contributed by atoms with van der Waals surface area (Å²) in [5.41, 5.74) is 1.42. The van der Waals surface area contributed by atoms with Gasteiger partial charge in [-0.2, -0.15) is 5.10 Å². The molecule has 0 N–H and O–H groups in total. The van der Waals surface area contributed by atoms with E-state index in [-0.39, 0.29) is 5.91 Å². The first kappa shape index (κ1) is 12.2. The third-order valence-corrected chi connectivity index (χ3v) is 2.21. The number of aryl methyl sites for hydroxylation is 2. The number of nitrogens with zero attached hydrogens (tertiary/aromatic N) is 3. The van der Waals surface area contributed by atoms with E-state index in [1.165, 1.54) is 0 Å². The van der Waals surface area contributed by atoms with Gasteiger partial charge >= 0.3 is 0 Å². The number of hydrogen-bond donors (Lipinski definition) is 0. The Labute approximate surface area is 95.9 Å². The molecule has 0 aliphatic heterocycles. The Balaban J connectivity index is 2.93. The average molecular weight is 219 g/mol. The molecule has 4 heteroatoms. The first-order valence-electron chi connectivity index (χ1n) is 5.11. The Kier molecular flexibility index (Phi) is 4.05. The topological polar surface area (TPSA) is 38.1 Å². The van der Waals surface area contributed by atoms with E-state index in [2.05, 4.69) is 18.3 Å². The van der Waals surface area contributed by atoms with Crippen molar-refractivity contribution in [2.45, 2.75) is 6.92 Å². The fraction of sp³-hybridized carbons (Fsp3) is 0.333. The molecule has 86 valence electrons. The molecule has 0 spiro atoms. The second-order valence-corrected chi connectivity index (χ2v) is 3.58. The SMILES string of the molecule is C=CCN(CC=C)C(=O)c1cc(C)nn1C. The number of hydrogen-bond acceptors (Lipinski definition) is 2. The van der Waals surface area contributed by atoms with Crippen molar-refractivity contribution in [3.8, 4) is 0 Å². The summed E-state index contributed by atoms with van der Waals surface area (Å²) >= 11 is 0. The van der Waals surface area contributed by atoms with E-state index < -0.39 is 0 Å². The minimum atomic E-state index is -0.0529. The quantitative estimate of drug-likeness (QED) is 0.705. The average Bonchev–Trinajstić information content (AvgIpc) is 2.56. The van der Waals surface area contributed by atoms with Gasteiger partial charge in [-0.05, 0) is 13.0 Å². The Bertz CT molecular complexity index is 396. The third kappa shape index (κ3) is 2.59. The van der Waals surface area contributed by atoms with Gasteiger partial charge in [0.2, 0.25) is 0 Å². The van der Waals surface area contributed by atoms with Crippen LogP contribution in [0.15, 0.2) is 31.4 Å². The van der Waals surface area contributed by atoms with Crippen molar-refractivity contribution in [1.82, 2.24) is 14.7 Å². The minimum absolute atomic E-state index is 0.0529. The molecule has 4 nitrogen and oxygen atoms in total. The Morgan fingerprint density at radius 3 is 2.44 bits per heavy atom. The summed E-state index contributed by atoms with van der Waals surface area (Å²) in [6, 6.07) is 1.78. The maximum atomic E-state index is 12.1. The number of aromatic nitrogens is 2. The van der Waals surface area contributed by atoms with E-state index in [1.54, 1.807) is 34.8 Å². The predicted molar refractivity (Wildman–Crippen MR) is 64.2 cm³/mol. The van der Waals surface area contributed by atoms with Crippen molar-refractivity contribution in [2.75, 3.05) is 13.1 Å². The number of carbonyl (C=O) groups excluding carboxylic acids is 1. The molecule has 1 rings (SSSR count). The van der Waals surface area contributed by atoms with Crippen LogP contribution in [-0.2, 0) is 7.05 Å². The highest BCUT2D eigenvalue weighted by Crippen LogP contribution is 2.06. The first-order valence-corrected chi connectivity index (χ1v) is 5.11. The second-order valence-electron chi connectivity index (χ2n) is 3.58. The van der Waals surface area contributed by atoms with Crippen LogP contribution in [0, 0.1) is 6.92 Å². The largest absolute Gasteiger partial charge is 0.330 e. The molecule has 0 bridgehead atoms. The molecular formula is C12H17N3O. The van der Waals surface area contributed by atoms with Gasteiger partial charge in [-0.1, -0.05) is 12.2 Å². The molecule has 1 aromatic rings. The lowest BCUT2D eigenvalue weighted by Crippen LogP contribution is -2.32. The molecule has 0 aliphatic carbocycles. The van der Waals surface area contributed by atoms with Crippen LogP contribution in [0.2, 0.25) is 0 Å². The number of carbonyl (C=O) groups is 1. The van der Waals surface area contributed by atoms with Crippen LogP contribution in [0.3, 0.4) is 0 Å². The number of amides is 1. The lowest BCUT2D eigenvalue weighted by Gasteiger charge is -2.18. The molecule has 0 unspecified atom stereocenters. The summed E-state index contributed by atoms with van der Waals surface area (Å²) in [5, 5.41) is 4.15. The Morgan fingerprint density at radius 2 is 2.06 bits per heavy atom. The van der Waals surface area contributed by atoms with Crippen molar-refractivity contribution in [3.63, 3.8) is 0 Å². The van der Waals surface area contributed by atoms with Crippen LogP contribution < -0.4 is 0 Å². The lowest BCUT2D eigenvalue weighted by molar-refractivity contribution is 0.0780. The maximum Gasteiger partial charge on any atom is 0.272 e. The summed E-state index contributed by atoms with van der Waals surface area (Å²) in [4.78, 5) is 13.8. The van der Waals surface area contributed by atoms with Gasteiger partial charge in [-0.15, -0.1) is 13.2 Å². The third-order valence-electron chi connectivity index (χ3n) is 2.21. The van der Waals surface area contributed by atoms with Crippen LogP contribution in [0.5, 0.6) is 0 Å². The molecule has 0 radical (unpaired) electrons. The Hall–Kier alpha value is -1.84. The van der Waals surface area contributed by atoms with Crippen molar-refractivity contribution < 1.29 is 4.79 Å². The summed E-state index contributed by atoms with van der Waals surface area (Å²) in [6.07, 6.45) is 3.40. The van der Waals surface area contributed by atoms with E-state index in [1.807, 2.05) is 6.92 Å². The van der Waals surface area contributed by atoms with Crippen LogP contribution in [-0.4, -0.2) is 33.7 Å². The summed E-state index contributed by atoms with van der Waals surface area (Å²) in [6.45, 7) is 10.2. The summed E-state index contributed by atoms with van der Waals surface area (Å²) < 4.78 is 1.59. The van der Waals surface area contributed by atoms with Gasteiger partial charge in [0.25, 0.3) is 5.91 Å².